The van der Waals surface area contributed by atoms with Crippen molar-refractivity contribution >= 4 is 11.9 Å². The van der Waals surface area contributed by atoms with E-state index in [9.17, 15) is 9.18 Å². The Kier molecular flexibility index (Phi) is 6.31. The zero-order chi connectivity index (χ0) is 19.4. The fourth-order valence-electron chi connectivity index (χ4n) is 3.63. The second kappa shape index (κ2) is 8.69. The van der Waals surface area contributed by atoms with E-state index >= 15 is 0 Å². The molecule has 1 amide bonds. The van der Waals surface area contributed by atoms with Gasteiger partial charge >= 0.3 is 0 Å². The van der Waals surface area contributed by atoms with Gasteiger partial charge in [0.25, 0.3) is 0 Å². The number of carbonyl (C=O) groups is 1. The monoisotopic (exact) mass is 375 g/mol. The largest absolute Gasteiger partial charge is 0.353 e. The number of nitrogens with zero attached hydrogens (tertiary/aromatic N) is 3. The molecule has 2 aliphatic rings. The average Bonchev–Trinajstić information content (AvgIpc) is 3.39. The topological polar surface area (TPSA) is 60.0 Å². The molecule has 27 heavy (non-hydrogen) atoms. The molecule has 2 fully saturated rings. The Morgan fingerprint density at radius 1 is 1.26 bits per heavy atom. The lowest BCUT2D eigenvalue weighted by molar-refractivity contribution is -0.123. The number of amides is 1. The predicted octanol–water partition coefficient (Wildman–Crippen LogP) is 1.40. The van der Waals surface area contributed by atoms with Gasteiger partial charge in [0.15, 0.2) is 5.96 Å². The number of carbonyl (C=O) groups excluding carboxylic acids is 1. The SMILES string of the molecule is CN=C(NC1CC1c1ccccc1F)N1CCN(CC(=O)NC(C)C)CC1. The summed E-state index contributed by atoms with van der Waals surface area (Å²) in [6.45, 7) is 7.69. The maximum Gasteiger partial charge on any atom is 0.234 e. The molecule has 1 aromatic rings. The summed E-state index contributed by atoms with van der Waals surface area (Å²) in [5.41, 5.74) is 0.784. The molecular weight excluding hydrogens is 345 g/mol. The Labute approximate surface area is 160 Å². The first-order valence-electron chi connectivity index (χ1n) is 9.72. The quantitative estimate of drug-likeness (QED) is 0.603. The van der Waals surface area contributed by atoms with Crippen molar-refractivity contribution in [1.29, 1.82) is 0 Å². The third-order valence-corrected chi connectivity index (χ3v) is 5.11. The van der Waals surface area contributed by atoms with E-state index in [1.54, 1.807) is 13.1 Å². The Balaban J connectivity index is 1.46. The van der Waals surface area contributed by atoms with Crippen LogP contribution >= 0.6 is 0 Å². The van der Waals surface area contributed by atoms with Crippen molar-refractivity contribution in [2.24, 2.45) is 4.99 Å². The van der Waals surface area contributed by atoms with Gasteiger partial charge in [-0.3, -0.25) is 14.7 Å². The predicted molar refractivity (Wildman–Crippen MR) is 105 cm³/mol. The summed E-state index contributed by atoms with van der Waals surface area (Å²) in [6, 6.07) is 7.40. The van der Waals surface area contributed by atoms with Crippen molar-refractivity contribution in [1.82, 2.24) is 20.4 Å². The molecule has 1 saturated heterocycles. The van der Waals surface area contributed by atoms with Crippen LogP contribution < -0.4 is 10.6 Å². The first-order valence-corrected chi connectivity index (χ1v) is 9.72. The second-order valence-corrected chi connectivity index (χ2v) is 7.65. The van der Waals surface area contributed by atoms with Gasteiger partial charge in [0.1, 0.15) is 5.82 Å². The van der Waals surface area contributed by atoms with Gasteiger partial charge in [-0.05, 0) is 31.9 Å². The number of rotatable bonds is 5. The van der Waals surface area contributed by atoms with Crippen LogP contribution in [-0.2, 0) is 4.79 Å². The van der Waals surface area contributed by atoms with Crippen molar-refractivity contribution < 1.29 is 9.18 Å². The maximum absolute atomic E-state index is 13.9. The van der Waals surface area contributed by atoms with E-state index in [4.69, 9.17) is 0 Å². The van der Waals surface area contributed by atoms with Crippen LogP contribution in [0.5, 0.6) is 0 Å². The van der Waals surface area contributed by atoms with E-state index in [2.05, 4.69) is 25.4 Å². The van der Waals surface area contributed by atoms with E-state index < -0.39 is 0 Å². The van der Waals surface area contributed by atoms with Crippen molar-refractivity contribution in [3.8, 4) is 0 Å². The molecule has 2 N–H and O–H groups in total. The van der Waals surface area contributed by atoms with Gasteiger partial charge in [0, 0.05) is 51.2 Å². The van der Waals surface area contributed by atoms with E-state index in [1.165, 1.54) is 6.07 Å². The molecular formula is C20H30FN5O. The van der Waals surface area contributed by atoms with Gasteiger partial charge in [-0.1, -0.05) is 18.2 Å². The van der Waals surface area contributed by atoms with Crippen LogP contribution in [0, 0.1) is 5.82 Å². The van der Waals surface area contributed by atoms with Gasteiger partial charge in [-0.25, -0.2) is 4.39 Å². The smallest absolute Gasteiger partial charge is 0.234 e. The van der Waals surface area contributed by atoms with Crippen LogP contribution in [0.3, 0.4) is 0 Å². The van der Waals surface area contributed by atoms with Gasteiger partial charge < -0.3 is 15.5 Å². The lowest BCUT2D eigenvalue weighted by Crippen LogP contribution is -2.54. The summed E-state index contributed by atoms with van der Waals surface area (Å²) in [7, 11) is 1.78. The highest BCUT2D eigenvalue weighted by molar-refractivity contribution is 5.81. The summed E-state index contributed by atoms with van der Waals surface area (Å²) in [6.07, 6.45) is 0.926. The molecule has 0 spiro atoms. The molecule has 3 rings (SSSR count). The fourth-order valence-corrected chi connectivity index (χ4v) is 3.63. The molecule has 0 bridgehead atoms. The van der Waals surface area contributed by atoms with Crippen LogP contribution in [-0.4, -0.2) is 73.5 Å². The summed E-state index contributed by atoms with van der Waals surface area (Å²) >= 11 is 0. The summed E-state index contributed by atoms with van der Waals surface area (Å²) in [4.78, 5) is 20.7. The summed E-state index contributed by atoms with van der Waals surface area (Å²) in [5, 5.41) is 6.41. The number of aliphatic imine (C=N–C) groups is 1. The normalized spacial score (nSPS) is 23.4. The minimum absolute atomic E-state index is 0.0756. The molecule has 2 atom stereocenters. The van der Waals surface area contributed by atoms with Gasteiger partial charge in [0.2, 0.25) is 5.91 Å². The molecule has 1 aromatic carbocycles. The molecule has 0 radical (unpaired) electrons. The third kappa shape index (κ3) is 5.19. The lowest BCUT2D eigenvalue weighted by Gasteiger charge is -2.36. The van der Waals surface area contributed by atoms with Gasteiger partial charge in [0.05, 0.1) is 6.54 Å². The van der Waals surface area contributed by atoms with Crippen molar-refractivity contribution in [3.05, 3.63) is 35.6 Å². The van der Waals surface area contributed by atoms with Crippen LogP contribution in [0.1, 0.15) is 31.7 Å². The molecule has 2 unspecified atom stereocenters. The highest BCUT2D eigenvalue weighted by Gasteiger charge is 2.41. The molecule has 6 nitrogen and oxygen atoms in total. The number of guanidine groups is 1. The van der Waals surface area contributed by atoms with E-state index in [0.717, 1.165) is 44.1 Å². The Hall–Kier alpha value is -2.15. The van der Waals surface area contributed by atoms with Crippen LogP contribution in [0.25, 0.3) is 0 Å². The Morgan fingerprint density at radius 3 is 2.59 bits per heavy atom. The maximum atomic E-state index is 13.9. The zero-order valence-electron chi connectivity index (χ0n) is 16.4. The van der Waals surface area contributed by atoms with Crippen LogP contribution in [0.2, 0.25) is 0 Å². The van der Waals surface area contributed by atoms with E-state index in [-0.39, 0.29) is 29.7 Å². The first-order chi connectivity index (χ1) is 13.0. The number of hydrogen-bond donors (Lipinski definition) is 2. The van der Waals surface area contributed by atoms with Crippen molar-refractivity contribution in [2.75, 3.05) is 39.8 Å². The third-order valence-electron chi connectivity index (χ3n) is 5.11. The number of piperazine rings is 1. The van der Waals surface area contributed by atoms with Crippen molar-refractivity contribution in [3.63, 3.8) is 0 Å². The molecule has 1 aliphatic heterocycles. The van der Waals surface area contributed by atoms with Gasteiger partial charge in [-0.15, -0.1) is 0 Å². The van der Waals surface area contributed by atoms with Gasteiger partial charge in [-0.2, -0.15) is 0 Å². The van der Waals surface area contributed by atoms with E-state index in [0.29, 0.717) is 6.54 Å². The molecule has 148 valence electrons. The molecule has 1 saturated carbocycles. The average molecular weight is 375 g/mol. The molecule has 1 heterocycles. The molecule has 7 heteroatoms. The highest BCUT2D eigenvalue weighted by atomic mass is 19.1. The highest BCUT2D eigenvalue weighted by Crippen LogP contribution is 2.41. The Bertz CT molecular complexity index is 685. The van der Waals surface area contributed by atoms with Crippen molar-refractivity contribution in [2.45, 2.75) is 38.3 Å². The standard InChI is InChI=1S/C20H30FN5O/c1-14(2)23-19(27)13-25-8-10-26(11-9-25)20(22-3)24-18-12-16(18)15-6-4-5-7-17(15)21/h4-7,14,16,18H,8-13H2,1-3H3,(H,22,24)(H,23,27). The Morgan fingerprint density at radius 2 is 1.96 bits per heavy atom. The first kappa shape index (κ1) is 19.6. The van der Waals surface area contributed by atoms with Crippen LogP contribution in [0.4, 0.5) is 4.39 Å². The number of nitrogens with one attached hydrogen (secondary N) is 2. The number of halogens is 1. The lowest BCUT2D eigenvalue weighted by atomic mass is 10.1. The molecule has 1 aliphatic carbocycles. The minimum atomic E-state index is -0.130. The summed E-state index contributed by atoms with van der Waals surface area (Å²) in [5.74, 6) is 1.02. The fraction of sp³-hybridized carbons (Fsp3) is 0.600. The van der Waals surface area contributed by atoms with Crippen LogP contribution in [0.15, 0.2) is 29.3 Å². The summed E-state index contributed by atoms with van der Waals surface area (Å²) < 4.78 is 13.9. The zero-order valence-corrected chi connectivity index (χ0v) is 16.4. The molecule has 0 aromatic heterocycles. The second-order valence-electron chi connectivity index (χ2n) is 7.65. The van der Waals surface area contributed by atoms with E-state index in [1.807, 2.05) is 26.0 Å². The number of benzene rings is 1. The number of hydrogen-bond acceptors (Lipinski definition) is 3. The minimum Gasteiger partial charge on any atom is -0.353 e.